The molecule has 13 heavy (non-hydrogen) atoms. The van der Waals surface area contributed by atoms with Crippen molar-refractivity contribution in [2.24, 2.45) is 13.0 Å². The highest BCUT2D eigenvalue weighted by atomic mass is 16.3. The van der Waals surface area contributed by atoms with Gasteiger partial charge in [0.1, 0.15) is 12.4 Å². The Balaban J connectivity index is 2.72. The van der Waals surface area contributed by atoms with Gasteiger partial charge in [0.2, 0.25) is 0 Å². The lowest BCUT2D eigenvalue weighted by Crippen LogP contribution is -2.06. The van der Waals surface area contributed by atoms with Crippen LogP contribution < -0.4 is 0 Å². The molecule has 0 aliphatic carbocycles. The minimum absolute atomic E-state index is 0.0377. The molecule has 1 rings (SSSR count). The van der Waals surface area contributed by atoms with E-state index in [1.165, 1.54) is 0 Å². The molecule has 0 aliphatic heterocycles. The Bertz CT molecular complexity index is 270. The largest absolute Gasteiger partial charge is 0.388 e. The van der Waals surface area contributed by atoms with Crippen molar-refractivity contribution >= 4 is 0 Å². The van der Waals surface area contributed by atoms with Crippen LogP contribution in [0.1, 0.15) is 31.9 Å². The van der Waals surface area contributed by atoms with Gasteiger partial charge in [-0.3, -0.25) is 0 Å². The van der Waals surface area contributed by atoms with E-state index >= 15 is 0 Å². The van der Waals surface area contributed by atoms with Crippen LogP contribution in [0, 0.1) is 5.92 Å². The lowest BCUT2D eigenvalue weighted by atomic mass is 10.1. The zero-order chi connectivity index (χ0) is 9.84. The number of aliphatic hydroxyl groups is 1. The first kappa shape index (κ1) is 10.2. The molecule has 0 amide bonds. The minimum atomic E-state index is -0.0377. The van der Waals surface area contributed by atoms with E-state index in [0.29, 0.717) is 11.7 Å². The van der Waals surface area contributed by atoms with Gasteiger partial charge in [-0.2, -0.15) is 0 Å². The molecule has 1 N–H and O–H groups in total. The molecule has 0 aromatic carbocycles. The topological polar surface area (TPSA) is 50.9 Å². The van der Waals surface area contributed by atoms with Crippen LogP contribution in [0.3, 0.4) is 0 Å². The van der Waals surface area contributed by atoms with Crippen LogP contribution in [0.25, 0.3) is 0 Å². The van der Waals surface area contributed by atoms with E-state index in [2.05, 4.69) is 24.0 Å². The zero-order valence-corrected chi connectivity index (χ0v) is 8.49. The van der Waals surface area contributed by atoms with Crippen molar-refractivity contribution in [2.45, 2.75) is 33.3 Å². The van der Waals surface area contributed by atoms with Crippen LogP contribution in [0.2, 0.25) is 0 Å². The van der Waals surface area contributed by atoms with Crippen molar-refractivity contribution in [3.63, 3.8) is 0 Å². The maximum absolute atomic E-state index is 8.90. The van der Waals surface area contributed by atoms with Gasteiger partial charge in [0, 0.05) is 13.5 Å². The van der Waals surface area contributed by atoms with Gasteiger partial charge in [-0.05, 0) is 5.92 Å². The molecule has 4 heteroatoms. The monoisotopic (exact) mass is 183 g/mol. The summed E-state index contributed by atoms with van der Waals surface area (Å²) in [7, 11) is 1.89. The Hall–Kier alpha value is -0.900. The van der Waals surface area contributed by atoms with Crippen LogP contribution in [-0.4, -0.2) is 19.9 Å². The second-order valence-electron chi connectivity index (χ2n) is 3.47. The Kier molecular flexibility index (Phi) is 3.42. The van der Waals surface area contributed by atoms with E-state index in [4.69, 9.17) is 5.11 Å². The third-order valence-corrected chi connectivity index (χ3v) is 2.42. The number of nitrogens with zero attached hydrogens (tertiary/aromatic N) is 3. The molecule has 0 bridgehead atoms. The van der Waals surface area contributed by atoms with Gasteiger partial charge in [0.15, 0.2) is 5.82 Å². The highest BCUT2D eigenvalue weighted by Crippen LogP contribution is 2.09. The van der Waals surface area contributed by atoms with Crippen molar-refractivity contribution < 1.29 is 5.11 Å². The fourth-order valence-electron chi connectivity index (χ4n) is 1.17. The fourth-order valence-corrected chi connectivity index (χ4v) is 1.17. The number of rotatable bonds is 4. The van der Waals surface area contributed by atoms with Gasteiger partial charge >= 0.3 is 0 Å². The molecular weight excluding hydrogens is 166 g/mol. The van der Waals surface area contributed by atoms with E-state index in [-0.39, 0.29) is 6.61 Å². The van der Waals surface area contributed by atoms with Crippen molar-refractivity contribution in [3.8, 4) is 0 Å². The van der Waals surface area contributed by atoms with Crippen molar-refractivity contribution in [3.05, 3.63) is 11.6 Å². The summed E-state index contributed by atoms with van der Waals surface area (Å²) in [6.45, 7) is 4.31. The Morgan fingerprint density at radius 1 is 1.38 bits per heavy atom. The van der Waals surface area contributed by atoms with Crippen molar-refractivity contribution in [2.75, 3.05) is 0 Å². The summed E-state index contributed by atoms with van der Waals surface area (Å²) in [6.07, 6.45) is 2.07. The average molecular weight is 183 g/mol. The highest BCUT2D eigenvalue weighted by Gasteiger charge is 2.09. The van der Waals surface area contributed by atoms with Gasteiger partial charge in [-0.1, -0.05) is 20.3 Å². The smallest absolute Gasteiger partial charge is 0.158 e. The number of aromatic nitrogens is 3. The molecule has 4 nitrogen and oxygen atoms in total. The van der Waals surface area contributed by atoms with Crippen LogP contribution in [-0.2, 0) is 20.1 Å². The van der Waals surface area contributed by atoms with E-state index in [9.17, 15) is 0 Å². The molecule has 0 radical (unpaired) electrons. The molecular formula is C9H17N3O. The average Bonchev–Trinajstić information content (AvgIpc) is 2.48. The number of hydrogen-bond acceptors (Lipinski definition) is 3. The highest BCUT2D eigenvalue weighted by molar-refractivity contribution is 4.94. The van der Waals surface area contributed by atoms with Gasteiger partial charge in [-0.25, -0.2) is 0 Å². The first-order valence-corrected chi connectivity index (χ1v) is 4.67. The van der Waals surface area contributed by atoms with Crippen LogP contribution in [0.4, 0.5) is 0 Å². The first-order chi connectivity index (χ1) is 6.19. The molecule has 0 saturated carbocycles. The lowest BCUT2D eigenvalue weighted by Gasteiger charge is -2.07. The summed E-state index contributed by atoms with van der Waals surface area (Å²) in [5.74, 6) is 2.21. The second-order valence-corrected chi connectivity index (χ2v) is 3.47. The summed E-state index contributed by atoms with van der Waals surface area (Å²) in [4.78, 5) is 0. The Morgan fingerprint density at radius 3 is 2.46 bits per heavy atom. The maximum atomic E-state index is 8.90. The Morgan fingerprint density at radius 2 is 2.00 bits per heavy atom. The predicted octanol–water partition coefficient (Wildman–Crippen LogP) is 0.896. The van der Waals surface area contributed by atoms with Gasteiger partial charge < -0.3 is 9.67 Å². The molecule has 1 heterocycles. The normalized spacial score (nSPS) is 13.2. The quantitative estimate of drug-likeness (QED) is 0.754. The van der Waals surface area contributed by atoms with Crippen LogP contribution >= 0.6 is 0 Å². The standard InChI is InChI=1S/C9H17N3O/c1-4-7(2)5-8-10-11-9(6-13)12(8)3/h7,13H,4-6H2,1-3H3. The lowest BCUT2D eigenvalue weighted by molar-refractivity contribution is 0.266. The molecule has 1 unspecified atom stereocenters. The minimum Gasteiger partial charge on any atom is -0.388 e. The van der Waals surface area contributed by atoms with Crippen LogP contribution in [0.15, 0.2) is 0 Å². The summed E-state index contributed by atoms with van der Waals surface area (Å²) in [5, 5.41) is 16.8. The van der Waals surface area contributed by atoms with Crippen LogP contribution in [0.5, 0.6) is 0 Å². The molecule has 0 fully saturated rings. The molecule has 1 atom stereocenters. The van der Waals surface area contributed by atoms with E-state index in [1.807, 2.05) is 11.6 Å². The van der Waals surface area contributed by atoms with Crippen molar-refractivity contribution in [1.29, 1.82) is 0 Å². The predicted molar refractivity (Wildman–Crippen MR) is 50.1 cm³/mol. The summed E-state index contributed by atoms with van der Waals surface area (Å²) < 4.78 is 1.87. The fraction of sp³-hybridized carbons (Fsp3) is 0.778. The molecule has 74 valence electrons. The third-order valence-electron chi connectivity index (χ3n) is 2.42. The van der Waals surface area contributed by atoms with E-state index in [0.717, 1.165) is 18.7 Å². The Labute approximate surface area is 78.6 Å². The summed E-state index contributed by atoms with van der Waals surface area (Å²) >= 11 is 0. The third kappa shape index (κ3) is 2.28. The van der Waals surface area contributed by atoms with Gasteiger partial charge in [0.05, 0.1) is 0 Å². The van der Waals surface area contributed by atoms with Gasteiger partial charge in [-0.15, -0.1) is 10.2 Å². The van der Waals surface area contributed by atoms with E-state index in [1.54, 1.807) is 0 Å². The molecule has 0 saturated heterocycles. The second kappa shape index (κ2) is 4.37. The maximum Gasteiger partial charge on any atom is 0.158 e. The molecule has 0 aliphatic rings. The molecule has 0 spiro atoms. The number of aliphatic hydroxyl groups excluding tert-OH is 1. The van der Waals surface area contributed by atoms with Crippen molar-refractivity contribution in [1.82, 2.24) is 14.8 Å². The zero-order valence-electron chi connectivity index (χ0n) is 8.49. The number of hydrogen-bond donors (Lipinski definition) is 1. The molecule has 1 aromatic heterocycles. The van der Waals surface area contributed by atoms with Gasteiger partial charge in [0.25, 0.3) is 0 Å². The first-order valence-electron chi connectivity index (χ1n) is 4.67. The summed E-state index contributed by atoms with van der Waals surface area (Å²) in [6, 6.07) is 0. The summed E-state index contributed by atoms with van der Waals surface area (Å²) in [5.41, 5.74) is 0. The van der Waals surface area contributed by atoms with E-state index < -0.39 is 0 Å². The SMILES string of the molecule is CCC(C)Cc1nnc(CO)n1C. The molecule has 1 aromatic rings.